The highest BCUT2D eigenvalue weighted by Gasteiger charge is 2.29. The highest BCUT2D eigenvalue weighted by molar-refractivity contribution is 5.94. The Morgan fingerprint density at radius 2 is 1.81 bits per heavy atom. The molecule has 1 aliphatic carbocycles. The lowest BCUT2D eigenvalue weighted by Crippen LogP contribution is -2.53. The van der Waals surface area contributed by atoms with E-state index in [0.29, 0.717) is 17.3 Å². The third-order valence-electron chi connectivity index (χ3n) is 5.88. The van der Waals surface area contributed by atoms with Gasteiger partial charge in [0.25, 0.3) is 5.91 Å². The number of fused-ring (bicyclic) bond motifs is 2. The molecule has 0 radical (unpaired) electrons. The zero-order valence-corrected chi connectivity index (χ0v) is 15.2. The van der Waals surface area contributed by atoms with Gasteiger partial charge in [0.1, 0.15) is 0 Å². The number of benzene rings is 1. The Morgan fingerprint density at radius 1 is 1.00 bits per heavy atom. The molecule has 5 rings (SSSR count). The monoisotopic (exact) mass is 362 g/mol. The van der Waals surface area contributed by atoms with Crippen molar-refractivity contribution in [2.75, 3.05) is 26.2 Å². The van der Waals surface area contributed by atoms with Crippen molar-refractivity contribution in [3.63, 3.8) is 0 Å². The van der Waals surface area contributed by atoms with Gasteiger partial charge in [-0.2, -0.15) is 4.52 Å². The highest BCUT2D eigenvalue weighted by Crippen LogP contribution is 2.25. The molecule has 27 heavy (non-hydrogen) atoms. The van der Waals surface area contributed by atoms with Gasteiger partial charge in [-0.25, -0.2) is 0 Å². The van der Waals surface area contributed by atoms with Crippen molar-refractivity contribution in [2.45, 2.75) is 25.3 Å². The topological polar surface area (TPSA) is 66.6 Å². The standard InChI is InChI=1S/C20H22N6O/c27-20(17-6-8-19-21-22-23-26(19)14-17)25-11-9-24(10-12-25)18-7-5-15-3-1-2-4-16(15)13-18/h1-4,6,8,14,18H,5,7,9-13H2/t18-/m1/s1. The molecule has 0 bridgehead atoms. The maximum absolute atomic E-state index is 12.8. The zero-order valence-electron chi connectivity index (χ0n) is 15.2. The third kappa shape index (κ3) is 3.08. The van der Waals surface area contributed by atoms with Gasteiger partial charge >= 0.3 is 0 Å². The minimum absolute atomic E-state index is 0.0565. The largest absolute Gasteiger partial charge is 0.336 e. The summed E-state index contributed by atoms with van der Waals surface area (Å²) >= 11 is 0. The second kappa shape index (κ2) is 6.74. The lowest BCUT2D eigenvalue weighted by molar-refractivity contribution is 0.0552. The second-order valence-corrected chi connectivity index (χ2v) is 7.39. The van der Waals surface area contributed by atoms with E-state index < -0.39 is 0 Å². The van der Waals surface area contributed by atoms with Gasteiger partial charge in [-0.05, 0) is 52.9 Å². The molecule has 1 aliphatic heterocycles. The first-order chi connectivity index (χ1) is 13.3. The van der Waals surface area contributed by atoms with Crippen molar-refractivity contribution in [3.05, 3.63) is 59.3 Å². The van der Waals surface area contributed by atoms with Crippen molar-refractivity contribution in [1.82, 2.24) is 29.8 Å². The molecule has 3 aromatic rings. The number of rotatable bonds is 2. The molecule has 1 fully saturated rings. The molecule has 1 atom stereocenters. The van der Waals surface area contributed by atoms with E-state index in [9.17, 15) is 4.79 Å². The Balaban J connectivity index is 1.23. The van der Waals surface area contributed by atoms with E-state index in [1.807, 2.05) is 4.90 Å². The number of hydrogen-bond donors (Lipinski definition) is 0. The van der Waals surface area contributed by atoms with Gasteiger partial charge in [0.2, 0.25) is 0 Å². The highest BCUT2D eigenvalue weighted by atomic mass is 16.2. The minimum Gasteiger partial charge on any atom is -0.336 e. The number of carbonyl (C=O) groups is 1. The molecular formula is C20H22N6O. The first kappa shape index (κ1) is 16.4. The van der Waals surface area contributed by atoms with E-state index in [2.05, 4.69) is 44.7 Å². The summed E-state index contributed by atoms with van der Waals surface area (Å²) in [5, 5.41) is 11.4. The van der Waals surface area contributed by atoms with Gasteiger partial charge in [0.05, 0.1) is 5.56 Å². The van der Waals surface area contributed by atoms with E-state index >= 15 is 0 Å². The summed E-state index contributed by atoms with van der Waals surface area (Å²) in [6.45, 7) is 3.41. The van der Waals surface area contributed by atoms with Crippen LogP contribution >= 0.6 is 0 Å². The Labute approximate surface area is 157 Å². The molecule has 0 saturated carbocycles. The Kier molecular flexibility index (Phi) is 4.09. The number of tetrazole rings is 1. The van der Waals surface area contributed by atoms with Crippen LogP contribution in [0.1, 0.15) is 27.9 Å². The summed E-state index contributed by atoms with van der Waals surface area (Å²) in [6, 6.07) is 13.0. The van der Waals surface area contributed by atoms with Gasteiger partial charge < -0.3 is 4.90 Å². The molecule has 1 amide bonds. The molecule has 7 nitrogen and oxygen atoms in total. The van der Waals surface area contributed by atoms with Crippen molar-refractivity contribution in [3.8, 4) is 0 Å². The molecule has 3 heterocycles. The fourth-order valence-corrected chi connectivity index (χ4v) is 4.33. The SMILES string of the molecule is O=C(c1ccc2nnnn2c1)N1CCN([C@@H]2CCc3ccccc3C2)CC1. The average molecular weight is 362 g/mol. The molecule has 138 valence electrons. The Hall–Kier alpha value is -2.80. The van der Waals surface area contributed by atoms with Crippen molar-refractivity contribution < 1.29 is 4.79 Å². The average Bonchev–Trinajstić information content (AvgIpc) is 3.21. The van der Waals surface area contributed by atoms with Crippen molar-refractivity contribution >= 4 is 11.6 Å². The summed E-state index contributed by atoms with van der Waals surface area (Å²) in [6.07, 6.45) is 5.20. The molecule has 1 aromatic carbocycles. The molecule has 2 aliphatic rings. The molecule has 1 saturated heterocycles. The first-order valence-corrected chi connectivity index (χ1v) is 9.56. The smallest absolute Gasteiger partial charge is 0.255 e. The molecule has 2 aromatic heterocycles. The van der Waals surface area contributed by atoms with Gasteiger partial charge in [-0.1, -0.05) is 24.3 Å². The predicted octanol–water partition coefficient (Wildman–Crippen LogP) is 1.44. The number of amides is 1. The minimum atomic E-state index is 0.0565. The van der Waals surface area contributed by atoms with Crippen LogP contribution in [0.15, 0.2) is 42.6 Å². The number of piperazine rings is 1. The van der Waals surface area contributed by atoms with E-state index in [0.717, 1.165) is 39.0 Å². The Bertz CT molecular complexity index is 975. The number of pyridine rings is 1. The third-order valence-corrected chi connectivity index (χ3v) is 5.88. The van der Waals surface area contributed by atoms with Crippen molar-refractivity contribution in [2.24, 2.45) is 0 Å². The van der Waals surface area contributed by atoms with E-state index in [1.54, 1.807) is 22.8 Å². The van der Waals surface area contributed by atoms with Crippen LogP contribution in [0.2, 0.25) is 0 Å². The number of nitrogens with zero attached hydrogens (tertiary/aromatic N) is 6. The maximum atomic E-state index is 12.8. The predicted molar refractivity (Wildman–Crippen MR) is 101 cm³/mol. The van der Waals surface area contributed by atoms with Crippen LogP contribution in [0, 0.1) is 0 Å². The summed E-state index contributed by atoms with van der Waals surface area (Å²) in [4.78, 5) is 17.3. The number of aryl methyl sites for hydroxylation is 1. The molecular weight excluding hydrogens is 340 g/mol. The van der Waals surface area contributed by atoms with Crippen LogP contribution in [0.25, 0.3) is 5.65 Å². The van der Waals surface area contributed by atoms with Crippen LogP contribution in [0.3, 0.4) is 0 Å². The van der Waals surface area contributed by atoms with E-state index in [-0.39, 0.29) is 5.91 Å². The summed E-state index contributed by atoms with van der Waals surface area (Å²) in [5.74, 6) is 0.0565. The molecule has 7 heteroatoms. The van der Waals surface area contributed by atoms with Crippen LogP contribution in [0.4, 0.5) is 0 Å². The normalized spacial score (nSPS) is 20.6. The van der Waals surface area contributed by atoms with Gasteiger partial charge in [-0.15, -0.1) is 5.10 Å². The number of carbonyl (C=O) groups excluding carboxylic acids is 1. The lowest BCUT2D eigenvalue weighted by Gasteiger charge is -2.41. The fourth-order valence-electron chi connectivity index (χ4n) is 4.33. The first-order valence-electron chi connectivity index (χ1n) is 9.56. The van der Waals surface area contributed by atoms with Crippen molar-refractivity contribution in [1.29, 1.82) is 0 Å². The quantitative estimate of drug-likeness (QED) is 0.690. The maximum Gasteiger partial charge on any atom is 0.255 e. The molecule has 0 N–H and O–H groups in total. The van der Waals surface area contributed by atoms with Crippen LogP contribution in [-0.4, -0.2) is 68.0 Å². The van der Waals surface area contributed by atoms with Crippen LogP contribution in [-0.2, 0) is 12.8 Å². The lowest BCUT2D eigenvalue weighted by atomic mass is 9.87. The van der Waals surface area contributed by atoms with Crippen LogP contribution < -0.4 is 0 Å². The zero-order chi connectivity index (χ0) is 18.2. The summed E-state index contributed by atoms with van der Waals surface area (Å²) in [5.41, 5.74) is 4.27. The Morgan fingerprint density at radius 3 is 2.67 bits per heavy atom. The number of aromatic nitrogens is 4. The molecule has 0 spiro atoms. The summed E-state index contributed by atoms with van der Waals surface area (Å²) < 4.78 is 1.54. The second-order valence-electron chi connectivity index (χ2n) is 7.39. The van der Waals surface area contributed by atoms with Gasteiger partial charge in [0.15, 0.2) is 5.65 Å². The van der Waals surface area contributed by atoms with E-state index in [4.69, 9.17) is 0 Å². The summed E-state index contributed by atoms with van der Waals surface area (Å²) in [7, 11) is 0. The molecule has 0 unspecified atom stereocenters. The van der Waals surface area contributed by atoms with E-state index in [1.165, 1.54) is 17.5 Å². The number of hydrogen-bond acceptors (Lipinski definition) is 5. The van der Waals surface area contributed by atoms with Gasteiger partial charge in [-0.3, -0.25) is 9.69 Å². The van der Waals surface area contributed by atoms with Crippen LogP contribution in [0.5, 0.6) is 0 Å². The van der Waals surface area contributed by atoms with Gasteiger partial charge in [0, 0.05) is 38.4 Å². The fraction of sp³-hybridized carbons (Fsp3) is 0.400.